The molecular weight excluding hydrogens is 390 g/mol. The Labute approximate surface area is 172 Å². The molecule has 1 heterocycles. The van der Waals surface area contributed by atoms with Crippen LogP contribution in [-0.4, -0.2) is 22.0 Å². The fourth-order valence-electron chi connectivity index (χ4n) is 2.51. The zero-order valence-corrected chi connectivity index (χ0v) is 17.3. The summed E-state index contributed by atoms with van der Waals surface area (Å²) in [6.45, 7) is 3.96. The second-order valence-corrected chi connectivity index (χ2v) is 8.36. The third-order valence-corrected chi connectivity index (χ3v) is 6.06. The minimum atomic E-state index is -0.244. The van der Waals surface area contributed by atoms with Crippen molar-refractivity contribution in [3.63, 3.8) is 0 Å². The number of hydrogen-bond acceptors (Lipinski definition) is 5. The van der Waals surface area contributed by atoms with E-state index in [0.29, 0.717) is 22.8 Å². The van der Waals surface area contributed by atoms with Gasteiger partial charge >= 0.3 is 0 Å². The number of carbonyl (C=O) groups is 2. The highest BCUT2D eigenvalue weighted by Gasteiger charge is 2.19. The van der Waals surface area contributed by atoms with Gasteiger partial charge < -0.3 is 10.6 Å². The van der Waals surface area contributed by atoms with E-state index in [0.717, 1.165) is 10.5 Å². The van der Waals surface area contributed by atoms with Crippen LogP contribution >= 0.6 is 23.1 Å². The van der Waals surface area contributed by atoms with Gasteiger partial charge in [0.15, 0.2) is 5.13 Å². The molecule has 2 amide bonds. The average molecular weight is 412 g/mol. The molecule has 0 fully saturated rings. The molecule has 1 unspecified atom stereocenters. The van der Waals surface area contributed by atoms with Gasteiger partial charge in [0.1, 0.15) is 0 Å². The topological polar surface area (TPSA) is 71.1 Å². The number of nitrogens with zero attached hydrogens (tertiary/aromatic N) is 1. The Bertz CT molecular complexity index is 941. The molecule has 28 heavy (non-hydrogen) atoms. The molecule has 144 valence electrons. The van der Waals surface area contributed by atoms with Gasteiger partial charge in [-0.2, -0.15) is 0 Å². The van der Waals surface area contributed by atoms with E-state index in [9.17, 15) is 9.59 Å². The maximum Gasteiger partial charge on any atom is 0.255 e. The molecule has 0 saturated carbocycles. The quantitative estimate of drug-likeness (QED) is 0.523. The summed E-state index contributed by atoms with van der Waals surface area (Å²) in [7, 11) is 0. The number of hydrogen-bond donors (Lipinski definition) is 2. The zero-order valence-electron chi connectivity index (χ0n) is 15.6. The number of nitrogens with one attached hydrogen (secondary N) is 2. The highest BCUT2D eigenvalue weighted by Crippen LogP contribution is 2.29. The first-order chi connectivity index (χ1) is 13.5. The fourth-order valence-corrected chi connectivity index (χ4v) is 4.06. The minimum absolute atomic E-state index is 0.0726. The molecular formula is C21H21N3O2S2. The summed E-state index contributed by atoms with van der Waals surface area (Å²) >= 11 is 2.86. The van der Waals surface area contributed by atoms with Crippen molar-refractivity contribution in [3.8, 4) is 0 Å². The molecule has 0 aliphatic heterocycles. The lowest BCUT2D eigenvalue weighted by molar-refractivity contribution is -0.115. The summed E-state index contributed by atoms with van der Waals surface area (Å²) in [5.74, 6) is -0.229. The Morgan fingerprint density at radius 1 is 1.14 bits per heavy atom. The molecule has 0 saturated heterocycles. The molecule has 0 aliphatic carbocycles. The van der Waals surface area contributed by atoms with E-state index < -0.39 is 0 Å². The fraction of sp³-hybridized carbons (Fsp3) is 0.190. The summed E-state index contributed by atoms with van der Waals surface area (Å²) in [4.78, 5) is 29.9. The second kappa shape index (κ2) is 9.52. The number of aryl methyl sites for hydroxylation is 1. The van der Waals surface area contributed by atoms with Crippen LogP contribution in [0.5, 0.6) is 0 Å². The molecule has 2 aromatic carbocycles. The van der Waals surface area contributed by atoms with E-state index in [4.69, 9.17) is 0 Å². The van der Waals surface area contributed by atoms with Crippen LogP contribution in [0.3, 0.4) is 0 Å². The van der Waals surface area contributed by atoms with Gasteiger partial charge in [0.2, 0.25) is 5.91 Å². The van der Waals surface area contributed by atoms with Crippen LogP contribution in [0.15, 0.2) is 65.0 Å². The summed E-state index contributed by atoms with van der Waals surface area (Å²) in [5.41, 5.74) is 2.42. The first-order valence-electron chi connectivity index (χ1n) is 8.90. The van der Waals surface area contributed by atoms with Crippen molar-refractivity contribution < 1.29 is 9.59 Å². The van der Waals surface area contributed by atoms with Crippen LogP contribution < -0.4 is 10.6 Å². The van der Waals surface area contributed by atoms with Crippen LogP contribution in [0, 0.1) is 6.92 Å². The lowest BCUT2D eigenvalue weighted by Crippen LogP contribution is -2.24. The predicted octanol–water partition coefficient (Wildman–Crippen LogP) is 5.21. The van der Waals surface area contributed by atoms with Crippen molar-refractivity contribution in [2.45, 2.75) is 30.4 Å². The molecule has 0 aliphatic rings. The number of amides is 2. The summed E-state index contributed by atoms with van der Waals surface area (Å²) in [5, 5.41) is 7.94. The highest BCUT2D eigenvalue weighted by atomic mass is 32.2. The number of aromatic nitrogens is 1. The predicted molar refractivity (Wildman–Crippen MR) is 116 cm³/mol. The lowest BCUT2D eigenvalue weighted by atomic mass is 10.1. The van der Waals surface area contributed by atoms with Crippen molar-refractivity contribution in [1.82, 2.24) is 4.98 Å². The van der Waals surface area contributed by atoms with Gasteiger partial charge in [-0.25, -0.2) is 4.98 Å². The summed E-state index contributed by atoms with van der Waals surface area (Å²) in [6, 6.07) is 15.0. The van der Waals surface area contributed by atoms with Crippen molar-refractivity contribution in [2.24, 2.45) is 0 Å². The standard InChI is InChI=1S/C21H21N3O2S2/c1-3-18(20(26)24-21-22-11-12-27-21)28-17-6-4-5-16(13-17)23-19(25)15-9-7-14(2)8-10-15/h4-13,18H,3H2,1-2H3,(H,23,25)(H,22,24,26). The monoisotopic (exact) mass is 411 g/mol. The van der Waals surface area contributed by atoms with Crippen molar-refractivity contribution in [3.05, 3.63) is 71.2 Å². The smallest absolute Gasteiger partial charge is 0.255 e. The van der Waals surface area contributed by atoms with Gasteiger partial charge in [-0.3, -0.25) is 9.59 Å². The maximum absolute atomic E-state index is 12.5. The molecule has 1 atom stereocenters. The molecule has 7 heteroatoms. The molecule has 0 radical (unpaired) electrons. The van der Waals surface area contributed by atoms with E-state index in [1.807, 2.05) is 55.6 Å². The van der Waals surface area contributed by atoms with Crippen LogP contribution in [-0.2, 0) is 4.79 Å². The SMILES string of the molecule is CCC(Sc1cccc(NC(=O)c2ccc(C)cc2)c1)C(=O)Nc1nccs1. The van der Waals surface area contributed by atoms with Gasteiger partial charge in [0, 0.05) is 27.7 Å². The van der Waals surface area contributed by atoms with E-state index in [1.165, 1.54) is 23.1 Å². The summed E-state index contributed by atoms with van der Waals surface area (Å²) in [6.07, 6.45) is 2.34. The molecule has 1 aromatic heterocycles. The number of carbonyl (C=O) groups excluding carboxylic acids is 2. The van der Waals surface area contributed by atoms with Crippen LogP contribution in [0.25, 0.3) is 0 Å². The van der Waals surface area contributed by atoms with E-state index in [1.54, 1.807) is 18.3 Å². The van der Waals surface area contributed by atoms with E-state index in [-0.39, 0.29) is 17.1 Å². The Kier molecular flexibility index (Phi) is 6.84. The van der Waals surface area contributed by atoms with E-state index >= 15 is 0 Å². The van der Waals surface area contributed by atoms with Gasteiger partial charge in [0.05, 0.1) is 5.25 Å². The zero-order chi connectivity index (χ0) is 19.9. The molecule has 3 rings (SSSR count). The van der Waals surface area contributed by atoms with Crippen LogP contribution in [0.2, 0.25) is 0 Å². The Balaban J connectivity index is 1.65. The van der Waals surface area contributed by atoms with Crippen molar-refractivity contribution >= 4 is 45.7 Å². The largest absolute Gasteiger partial charge is 0.322 e. The molecule has 0 bridgehead atoms. The number of thioether (sulfide) groups is 1. The number of rotatable bonds is 7. The third kappa shape index (κ3) is 5.43. The Morgan fingerprint density at radius 3 is 2.61 bits per heavy atom. The molecule has 0 spiro atoms. The second-order valence-electron chi connectivity index (χ2n) is 6.19. The average Bonchev–Trinajstić information content (AvgIpc) is 3.19. The lowest BCUT2D eigenvalue weighted by Gasteiger charge is -2.14. The highest BCUT2D eigenvalue weighted by molar-refractivity contribution is 8.00. The molecule has 2 N–H and O–H groups in total. The Morgan fingerprint density at radius 2 is 1.93 bits per heavy atom. The number of anilines is 2. The molecule has 5 nitrogen and oxygen atoms in total. The number of benzene rings is 2. The first-order valence-corrected chi connectivity index (χ1v) is 10.7. The van der Waals surface area contributed by atoms with Gasteiger partial charge in [-0.05, 0) is 43.7 Å². The van der Waals surface area contributed by atoms with Crippen molar-refractivity contribution in [1.29, 1.82) is 0 Å². The summed E-state index contributed by atoms with van der Waals surface area (Å²) < 4.78 is 0. The molecule has 3 aromatic rings. The van der Waals surface area contributed by atoms with Gasteiger partial charge in [0.25, 0.3) is 5.91 Å². The van der Waals surface area contributed by atoms with Crippen molar-refractivity contribution in [2.75, 3.05) is 10.6 Å². The van der Waals surface area contributed by atoms with Gasteiger partial charge in [-0.15, -0.1) is 23.1 Å². The van der Waals surface area contributed by atoms with Gasteiger partial charge in [-0.1, -0.05) is 30.7 Å². The number of thiazole rings is 1. The first kappa shape index (κ1) is 20.1. The normalized spacial score (nSPS) is 11.6. The van der Waals surface area contributed by atoms with Crippen LogP contribution in [0.1, 0.15) is 29.3 Å². The minimum Gasteiger partial charge on any atom is -0.322 e. The third-order valence-electron chi connectivity index (χ3n) is 4.01. The Hall–Kier alpha value is -2.64. The van der Waals surface area contributed by atoms with E-state index in [2.05, 4.69) is 15.6 Å². The van der Waals surface area contributed by atoms with Crippen LogP contribution in [0.4, 0.5) is 10.8 Å². The maximum atomic E-state index is 12.5.